The number of benzene rings is 2. The maximum absolute atomic E-state index is 12.1. The molecule has 0 aliphatic carbocycles. The molecule has 0 saturated carbocycles. The van der Waals surface area contributed by atoms with Crippen LogP contribution in [-0.4, -0.2) is 28.3 Å². The van der Waals surface area contributed by atoms with Gasteiger partial charge in [0.05, 0.1) is 5.56 Å². The highest BCUT2D eigenvalue weighted by Gasteiger charge is 2.11. The number of carboxylic acid groups (broad SMARTS) is 1. The number of phenolic OH excluding ortho intramolecular Hbond substituents is 1. The zero-order valence-corrected chi connectivity index (χ0v) is 14.2. The molecule has 0 fully saturated rings. The smallest absolute Gasteiger partial charge is 0.335 e. The van der Waals surface area contributed by atoms with Crippen molar-refractivity contribution >= 4 is 17.7 Å². The number of hydrogen-bond donors (Lipinski definition) is 4. The van der Waals surface area contributed by atoms with Crippen molar-refractivity contribution in [1.29, 1.82) is 0 Å². The number of hydrogen-bond acceptors (Lipinski definition) is 3. The standard InChI is InChI=1S/C19H22N2O4/c1-12-3-8-15(18(23)24)11-17(12)21-19(25)20-13(2)4-5-14-6-9-16(22)10-7-14/h3,6-11,13,22H,4-5H2,1-2H3,(H,23,24)(H2,20,21,25). The number of carboxylic acids is 1. The van der Waals surface area contributed by atoms with Crippen LogP contribution < -0.4 is 10.6 Å². The number of phenols is 1. The Hall–Kier alpha value is -3.02. The molecule has 1 atom stereocenters. The quantitative estimate of drug-likeness (QED) is 0.645. The molecule has 6 nitrogen and oxygen atoms in total. The molecule has 0 radical (unpaired) electrons. The van der Waals surface area contributed by atoms with Crippen molar-refractivity contribution in [3.8, 4) is 5.75 Å². The van der Waals surface area contributed by atoms with Gasteiger partial charge in [0.15, 0.2) is 0 Å². The fourth-order valence-corrected chi connectivity index (χ4v) is 2.39. The Bertz CT molecular complexity index is 757. The molecule has 4 N–H and O–H groups in total. The second-order valence-electron chi connectivity index (χ2n) is 6.04. The van der Waals surface area contributed by atoms with Crippen LogP contribution >= 0.6 is 0 Å². The Morgan fingerprint density at radius 1 is 1.12 bits per heavy atom. The number of aromatic hydroxyl groups is 1. The average molecular weight is 342 g/mol. The molecule has 2 aromatic rings. The first kappa shape index (κ1) is 18.3. The minimum absolute atomic E-state index is 0.0586. The van der Waals surface area contributed by atoms with Crippen molar-refractivity contribution in [3.63, 3.8) is 0 Å². The van der Waals surface area contributed by atoms with E-state index < -0.39 is 5.97 Å². The van der Waals surface area contributed by atoms with Crippen molar-refractivity contribution in [2.75, 3.05) is 5.32 Å². The molecule has 0 spiro atoms. The van der Waals surface area contributed by atoms with Crippen LogP contribution in [0.1, 0.15) is 34.8 Å². The molecular formula is C19H22N2O4. The average Bonchev–Trinajstić information content (AvgIpc) is 2.56. The first-order valence-corrected chi connectivity index (χ1v) is 8.04. The molecule has 2 rings (SSSR count). The first-order chi connectivity index (χ1) is 11.8. The lowest BCUT2D eigenvalue weighted by molar-refractivity contribution is 0.0697. The van der Waals surface area contributed by atoms with Crippen molar-refractivity contribution in [3.05, 3.63) is 59.2 Å². The normalized spacial score (nSPS) is 11.6. The van der Waals surface area contributed by atoms with Gasteiger partial charge in [-0.15, -0.1) is 0 Å². The number of amides is 2. The first-order valence-electron chi connectivity index (χ1n) is 8.04. The highest BCUT2D eigenvalue weighted by molar-refractivity contribution is 5.94. The van der Waals surface area contributed by atoms with Crippen LogP contribution in [0.15, 0.2) is 42.5 Å². The fraction of sp³-hybridized carbons (Fsp3) is 0.263. The number of carbonyl (C=O) groups is 2. The molecule has 0 heterocycles. The molecular weight excluding hydrogens is 320 g/mol. The largest absolute Gasteiger partial charge is 0.508 e. The van der Waals surface area contributed by atoms with Gasteiger partial charge in [-0.2, -0.15) is 0 Å². The summed E-state index contributed by atoms with van der Waals surface area (Å²) in [5.74, 6) is -0.806. The van der Waals surface area contributed by atoms with E-state index >= 15 is 0 Å². The van der Waals surface area contributed by atoms with Gasteiger partial charge >= 0.3 is 12.0 Å². The summed E-state index contributed by atoms with van der Waals surface area (Å²) in [4.78, 5) is 23.1. The third kappa shape index (κ3) is 5.53. The molecule has 132 valence electrons. The van der Waals surface area contributed by atoms with Crippen LogP contribution in [0.2, 0.25) is 0 Å². The Morgan fingerprint density at radius 2 is 1.80 bits per heavy atom. The van der Waals surface area contributed by atoms with Crippen LogP contribution in [0.4, 0.5) is 10.5 Å². The Kier molecular flexibility index (Phi) is 6.00. The van der Waals surface area contributed by atoms with Crippen molar-refractivity contribution < 1.29 is 19.8 Å². The van der Waals surface area contributed by atoms with Gasteiger partial charge in [-0.3, -0.25) is 0 Å². The van der Waals surface area contributed by atoms with Crippen LogP contribution in [0, 0.1) is 6.92 Å². The summed E-state index contributed by atoms with van der Waals surface area (Å²) in [5, 5.41) is 23.8. The van der Waals surface area contributed by atoms with Gasteiger partial charge in [0.1, 0.15) is 5.75 Å². The zero-order valence-electron chi connectivity index (χ0n) is 14.2. The number of urea groups is 1. The topological polar surface area (TPSA) is 98.7 Å². The monoisotopic (exact) mass is 342 g/mol. The van der Waals surface area contributed by atoms with Gasteiger partial charge < -0.3 is 20.8 Å². The van der Waals surface area contributed by atoms with Gasteiger partial charge in [-0.1, -0.05) is 18.2 Å². The van der Waals surface area contributed by atoms with E-state index in [9.17, 15) is 14.7 Å². The van der Waals surface area contributed by atoms with E-state index in [4.69, 9.17) is 5.11 Å². The zero-order chi connectivity index (χ0) is 18.4. The molecule has 0 aliphatic heterocycles. The SMILES string of the molecule is Cc1ccc(C(=O)O)cc1NC(=O)NC(C)CCc1ccc(O)cc1. The lowest BCUT2D eigenvalue weighted by Gasteiger charge is -2.16. The summed E-state index contributed by atoms with van der Waals surface area (Å²) in [6.45, 7) is 3.70. The van der Waals surface area contributed by atoms with Crippen LogP contribution in [0.5, 0.6) is 5.75 Å². The van der Waals surface area contributed by atoms with E-state index in [0.29, 0.717) is 5.69 Å². The minimum atomic E-state index is -1.04. The van der Waals surface area contributed by atoms with Crippen molar-refractivity contribution in [2.45, 2.75) is 32.7 Å². The third-order valence-electron chi connectivity index (χ3n) is 3.91. The van der Waals surface area contributed by atoms with E-state index in [2.05, 4.69) is 10.6 Å². The summed E-state index contributed by atoms with van der Waals surface area (Å²) in [6, 6.07) is 11.1. The number of nitrogens with one attached hydrogen (secondary N) is 2. The molecule has 25 heavy (non-hydrogen) atoms. The van der Waals surface area contributed by atoms with Gasteiger partial charge in [0.2, 0.25) is 0 Å². The minimum Gasteiger partial charge on any atom is -0.508 e. The number of aryl methyl sites for hydroxylation is 2. The molecule has 0 aliphatic rings. The van der Waals surface area contributed by atoms with E-state index in [1.165, 1.54) is 12.1 Å². The maximum atomic E-state index is 12.1. The highest BCUT2D eigenvalue weighted by Crippen LogP contribution is 2.17. The number of anilines is 1. The summed E-state index contributed by atoms with van der Waals surface area (Å²) >= 11 is 0. The van der Waals surface area contributed by atoms with Crippen LogP contribution in [0.3, 0.4) is 0 Å². The second-order valence-corrected chi connectivity index (χ2v) is 6.04. The fourth-order valence-electron chi connectivity index (χ4n) is 2.39. The molecule has 2 aromatic carbocycles. The van der Waals surface area contributed by atoms with Crippen LogP contribution in [-0.2, 0) is 6.42 Å². The molecule has 6 heteroatoms. The molecule has 0 bridgehead atoms. The molecule has 1 unspecified atom stereocenters. The second kappa shape index (κ2) is 8.19. The van der Waals surface area contributed by atoms with Gasteiger partial charge in [0.25, 0.3) is 0 Å². The summed E-state index contributed by atoms with van der Waals surface area (Å²) in [7, 11) is 0. The molecule has 0 saturated heterocycles. The number of carbonyl (C=O) groups excluding carboxylic acids is 1. The van der Waals surface area contributed by atoms with Gasteiger partial charge in [-0.05, 0) is 62.1 Å². The predicted molar refractivity (Wildman–Crippen MR) is 96.2 cm³/mol. The van der Waals surface area contributed by atoms with E-state index in [0.717, 1.165) is 24.0 Å². The van der Waals surface area contributed by atoms with Crippen LogP contribution in [0.25, 0.3) is 0 Å². The third-order valence-corrected chi connectivity index (χ3v) is 3.91. The number of rotatable bonds is 6. The molecule has 0 aromatic heterocycles. The predicted octanol–water partition coefficient (Wildman–Crippen LogP) is 3.54. The van der Waals surface area contributed by atoms with Crippen molar-refractivity contribution in [1.82, 2.24) is 5.32 Å². The Labute approximate surface area is 146 Å². The lowest BCUT2D eigenvalue weighted by Crippen LogP contribution is -2.36. The maximum Gasteiger partial charge on any atom is 0.335 e. The van der Waals surface area contributed by atoms with E-state index in [1.54, 1.807) is 25.1 Å². The van der Waals surface area contributed by atoms with Gasteiger partial charge in [-0.25, -0.2) is 9.59 Å². The Balaban J connectivity index is 1.88. The summed E-state index contributed by atoms with van der Waals surface area (Å²) in [6.07, 6.45) is 1.52. The van der Waals surface area contributed by atoms with E-state index in [1.807, 2.05) is 19.1 Å². The Morgan fingerprint density at radius 3 is 2.44 bits per heavy atom. The van der Waals surface area contributed by atoms with Crippen molar-refractivity contribution in [2.24, 2.45) is 0 Å². The lowest BCUT2D eigenvalue weighted by atomic mass is 10.1. The summed E-state index contributed by atoms with van der Waals surface area (Å²) < 4.78 is 0. The summed E-state index contributed by atoms with van der Waals surface area (Å²) in [5.41, 5.74) is 2.47. The van der Waals surface area contributed by atoms with Gasteiger partial charge in [0, 0.05) is 11.7 Å². The van der Waals surface area contributed by atoms with E-state index in [-0.39, 0.29) is 23.4 Å². The highest BCUT2D eigenvalue weighted by atomic mass is 16.4. The molecule has 2 amide bonds. The number of aromatic carboxylic acids is 1.